The molecule has 0 atom stereocenters. The van der Waals surface area contributed by atoms with Crippen molar-refractivity contribution in [1.82, 2.24) is 14.9 Å². The molecular formula is C15H18N4OS2. The van der Waals surface area contributed by atoms with Crippen molar-refractivity contribution in [2.75, 3.05) is 31.1 Å². The molecule has 22 heavy (non-hydrogen) atoms. The van der Waals surface area contributed by atoms with Crippen LogP contribution in [0.15, 0.2) is 23.0 Å². The summed E-state index contributed by atoms with van der Waals surface area (Å²) < 4.78 is 0. The van der Waals surface area contributed by atoms with Crippen LogP contribution < -0.4 is 4.90 Å². The molecule has 3 rings (SSSR count). The van der Waals surface area contributed by atoms with E-state index in [0.29, 0.717) is 0 Å². The summed E-state index contributed by atoms with van der Waals surface area (Å²) in [6.07, 6.45) is 6.23. The van der Waals surface area contributed by atoms with Crippen LogP contribution in [0, 0.1) is 6.92 Å². The lowest BCUT2D eigenvalue weighted by atomic mass is 10.3. The SMILES string of the molecule is Cc1nc(/C=C\C(=O)N2CCCN(c3nccs3)CC2)cs1. The van der Waals surface area contributed by atoms with Gasteiger partial charge in [0.05, 0.1) is 10.7 Å². The molecule has 1 aliphatic heterocycles. The first-order valence-electron chi connectivity index (χ1n) is 7.26. The summed E-state index contributed by atoms with van der Waals surface area (Å²) >= 11 is 3.24. The van der Waals surface area contributed by atoms with Crippen molar-refractivity contribution in [3.05, 3.63) is 33.7 Å². The summed E-state index contributed by atoms with van der Waals surface area (Å²) in [6.45, 7) is 5.28. The summed E-state index contributed by atoms with van der Waals surface area (Å²) in [4.78, 5) is 25.2. The van der Waals surface area contributed by atoms with E-state index in [4.69, 9.17) is 0 Å². The Kier molecular flexibility index (Phi) is 4.84. The van der Waals surface area contributed by atoms with E-state index < -0.39 is 0 Å². The van der Waals surface area contributed by atoms with Crippen molar-refractivity contribution < 1.29 is 4.79 Å². The third kappa shape index (κ3) is 3.72. The van der Waals surface area contributed by atoms with Crippen LogP contribution in [0.25, 0.3) is 6.08 Å². The smallest absolute Gasteiger partial charge is 0.246 e. The molecule has 116 valence electrons. The van der Waals surface area contributed by atoms with Gasteiger partial charge in [0, 0.05) is 49.2 Å². The molecule has 0 N–H and O–H groups in total. The van der Waals surface area contributed by atoms with E-state index in [2.05, 4.69) is 14.9 Å². The quantitative estimate of drug-likeness (QED) is 0.810. The van der Waals surface area contributed by atoms with Crippen LogP contribution >= 0.6 is 22.7 Å². The van der Waals surface area contributed by atoms with Crippen molar-refractivity contribution in [2.45, 2.75) is 13.3 Å². The maximum Gasteiger partial charge on any atom is 0.246 e. The van der Waals surface area contributed by atoms with Crippen LogP contribution in [0.1, 0.15) is 17.1 Å². The molecule has 0 aromatic carbocycles. The summed E-state index contributed by atoms with van der Waals surface area (Å²) in [6, 6.07) is 0. The van der Waals surface area contributed by atoms with Crippen molar-refractivity contribution in [3.63, 3.8) is 0 Å². The fraction of sp³-hybridized carbons (Fsp3) is 0.400. The second kappa shape index (κ2) is 7.02. The van der Waals surface area contributed by atoms with E-state index in [0.717, 1.165) is 48.4 Å². The molecule has 3 heterocycles. The zero-order valence-corrected chi connectivity index (χ0v) is 14.1. The average molecular weight is 334 g/mol. The summed E-state index contributed by atoms with van der Waals surface area (Å²) in [5, 5.41) is 6.01. The second-order valence-electron chi connectivity index (χ2n) is 5.11. The number of thiazole rings is 2. The number of aromatic nitrogens is 2. The van der Waals surface area contributed by atoms with Crippen LogP contribution in [0.2, 0.25) is 0 Å². The highest BCUT2D eigenvalue weighted by Crippen LogP contribution is 2.19. The summed E-state index contributed by atoms with van der Waals surface area (Å²) in [5.74, 6) is 0.0617. The molecule has 0 saturated carbocycles. The predicted molar refractivity (Wildman–Crippen MR) is 91.4 cm³/mol. The lowest BCUT2D eigenvalue weighted by Crippen LogP contribution is -2.34. The van der Waals surface area contributed by atoms with Gasteiger partial charge in [0.15, 0.2) is 5.13 Å². The van der Waals surface area contributed by atoms with E-state index >= 15 is 0 Å². The number of hydrogen-bond donors (Lipinski definition) is 0. The summed E-state index contributed by atoms with van der Waals surface area (Å²) in [7, 11) is 0. The highest BCUT2D eigenvalue weighted by atomic mass is 32.1. The molecule has 1 amide bonds. The number of carbonyl (C=O) groups is 1. The lowest BCUT2D eigenvalue weighted by Gasteiger charge is -2.20. The molecule has 0 bridgehead atoms. The van der Waals surface area contributed by atoms with Crippen molar-refractivity contribution in [3.8, 4) is 0 Å². The van der Waals surface area contributed by atoms with Gasteiger partial charge >= 0.3 is 0 Å². The Balaban J connectivity index is 1.58. The van der Waals surface area contributed by atoms with Gasteiger partial charge in [0.25, 0.3) is 0 Å². The Labute approximate surface area is 137 Å². The molecular weight excluding hydrogens is 316 g/mol. The fourth-order valence-electron chi connectivity index (χ4n) is 2.42. The molecule has 1 fully saturated rings. The Hall–Kier alpha value is -1.73. The third-order valence-corrected chi connectivity index (χ3v) is 5.15. The number of hydrogen-bond acceptors (Lipinski definition) is 6. The first-order chi connectivity index (χ1) is 10.7. The predicted octanol–water partition coefficient (Wildman–Crippen LogP) is 2.66. The first-order valence-corrected chi connectivity index (χ1v) is 9.02. The van der Waals surface area contributed by atoms with Crippen LogP contribution in [0.4, 0.5) is 5.13 Å². The molecule has 2 aromatic heterocycles. The largest absolute Gasteiger partial charge is 0.346 e. The number of amides is 1. The van der Waals surface area contributed by atoms with Crippen molar-refractivity contribution in [1.29, 1.82) is 0 Å². The fourth-order valence-corrected chi connectivity index (χ4v) is 3.70. The molecule has 5 nitrogen and oxygen atoms in total. The van der Waals surface area contributed by atoms with Gasteiger partial charge in [0.2, 0.25) is 5.91 Å². The Morgan fingerprint density at radius 1 is 1.27 bits per heavy atom. The van der Waals surface area contributed by atoms with E-state index in [1.54, 1.807) is 34.8 Å². The normalized spacial score (nSPS) is 16.2. The van der Waals surface area contributed by atoms with E-state index in [9.17, 15) is 4.79 Å². The number of carbonyl (C=O) groups excluding carboxylic acids is 1. The zero-order chi connectivity index (χ0) is 15.4. The Morgan fingerprint density at radius 2 is 2.18 bits per heavy atom. The van der Waals surface area contributed by atoms with Gasteiger partial charge in [-0.05, 0) is 19.4 Å². The number of rotatable bonds is 3. The number of aryl methyl sites for hydroxylation is 1. The highest BCUT2D eigenvalue weighted by Gasteiger charge is 2.18. The van der Waals surface area contributed by atoms with E-state index in [-0.39, 0.29) is 5.91 Å². The summed E-state index contributed by atoms with van der Waals surface area (Å²) in [5.41, 5.74) is 0.857. The average Bonchev–Trinajstić information content (AvgIpc) is 3.12. The molecule has 1 aliphatic rings. The molecule has 0 unspecified atom stereocenters. The molecule has 0 spiro atoms. The van der Waals surface area contributed by atoms with E-state index in [1.165, 1.54) is 0 Å². The lowest BCUT2D eigenvalue weighted by molar-refractivity contribution is -0.125. The standard InChI is InChI=1S/C15H18N4OS2/c1-12-17-13(11-22-12)3-4-14(20)18-6-2-7-19(9-8-18)15-16-5-10-21-15/h3-5,10-11H,2,6-9H2,1H3/b4-3-. The van der Waals surface area contributed by atoms with Crippen molar-refractivity contribution >= 4 is 39.8 Å². The maximum absolute atomic E-state index is 12.3. The topological polar surface area (TPSA) is 49.3 Å². The minimum atomic E-state index is 0.0617. The van der Waals surface area contributed by atoms with Crippen LogP contribution in [0.3, 0.4) is 0 Å². The number of anilines is 1. The van der Waals surface area contributed by atoms with Gasteiger partial charge in [-0.3, -0.25) is 4.79 Å². The van der Waals surface area contributed by atoms with Gasteiger partial charge < -0.3 is 9.80 Å². The molecule has 7 heteroatoms. The van der Waals surface area contributed by atoms with Crippen LogP contribution in [0.5, 0.6) is 0 Å². The second-order valence-corrected chi connectivity index (χ2v) is 7.04. The molecule has 2 aromatic rings. The minimum absolute atomic E-state index is 0.0617. The monoisotopic (exact) mass is 334 g/mol. The zero-order valence-electron chi connectivity index (χ0n) is 12.4. The first kappa shape index (κ1) is 15.2. The van der Waals surface area contributed by atoms with Gasteiger partial charge in [-0.15, -0.1) is 22.7 Å². The van der Waals surface area contributed by atoms with Crippen LogP contribution in [-0.2, 0) is 4.79 Å². The van der Waals surface area contributed by atoms with Gasteiger partial charge in [-0.2, -0.15) is 0 Å². The van der Waals surface area contributed by atoms with Gasteiger partial charge in [0.1, 0.15) is 0 Å². The van der Waals surface area contributed by atoms with Crippen LogP contribution in [-0.4, -0.2) is 47.0 Å². The van der Waals surface area contributed by atoms with E-state index in [1.807, 2.05) is 28.8 Å². The van der Waals surface area contributed by atoms with Gasteiger partial charge in [-0.25, -0.2) is 9.97 Å². The Bertz CT molecular complexity index is 650. The number of nitrogens with zero attached hydrogens (tertiary/aromatic N) is 4. The molecule has 1 saturated heterocycles. The highest BCUT2D eigenvalue weighted by molar-refractivity contribution is 7.13. The van der Waals surface area contributed by atoms with Gasteiger partial charge in [-0.1, -0.05) is 0 Å². The maximum atomic E-state index is 12.3. The molecule has 0 radical (unpaired) electrons. The van der Waals surface area contributed by atoms with Crippen molar-refractivity contribution in [2.24, 2.45) is 0 Å². The molecule has 0 aliphatic carbocycles. The Morgan fingerprint density at radius 3 is 2.91 bits per heavy atom. The third-order valence-electron chi connectivity index (χ3n) is 3.53. The minimum Gasteiger partial charge on any atom is -0.346 e.